The average Bonchev–Trinajstić information content (AvgIpc) is 3.22. The predicted molar refractivity (Wildman–Crippen MR) is 144 cm³/mol. The number of hydrogen-bond donors (Lipinski definition) is 1. The maximum atomic E-state index is 13.3. The Kier molecular flexibility index (Phi) is 6.74. The molecule has 1 fully saturated rings. The normalized spacial score (nSPS) is 14.9. The van der Waals surface area contributed by atoms with E-state index in [9.17, 15) is 14.4 Å². The number of aromatic nitrogens is 1. The smallest absolute Gasteiger partial charge is 0.335 e. The molecule has 0 radical (unpaired) electrons. The van der Waals surface area contributed by atoms with Crippen molar-refractivity contribution in [2.24, 2.45) is 0 Å². The molecule has 4 aromatic rings. The maximum absolute atomic E-state index is 13.3. The quantitative estimate of drug-likeness (QED) is 0.243. The van der Waals surface area contributed by atoms with Gasteiger partial charge in [0.15, 0.2) is 0 Å². The van der Waals surface area contributed by atoms with E-state index in [0.717, 1.165) is 27.1 Å². The number of hydrogen-bond acceptors (Lipinski definition) is 4. The molecule has 0 saturated carbocycles. The molecule has 7 nitrogen and oxygen atoms in total. The second-order valence-corrected chi connectivity index (χ2v) is 9.33. The van der Waals surface area contributed by atoms with E-state index in [0.29, 0.717) is 34.4 Å². The van der Waals surface area contributed by atoms with Crippen LogP contribution in [0, 0.1) is 6.92 Å². The van der Waals surface area contributed by atoms with Crippen LogP contribution in [0.1, 0.15) is 11.1 Å². The van der Waals surface area contributed by atoms with E-state index in [1.807, 2.05) is 54.1 Å². The van der Waals surface area contributed by atoms with Gasteiger partial charge < -0.3 is 9.30 Å². The molecular weight excluding hydrogens is 513 g/mol. The third-order valence-electron chi connectivity index (χ3n) is 6.04. The summed E-state index contributed by atoms with van der Waals surface area (Å²) in [5.74, 6) is -0.745. The largest absolute Gasteiger partial charge is 0.492 e. The van der Waals surface area contributed by atoms with Gasteiger partial charge in [-0.05, 0) is 67.1 Å². The van der Waals surface area contributed by atoms with Crippen molar-refractivity contribution in [3.05, 3.63) is 99.7 Å². The van der Waals surface area contributed by atoms with Gasteiger partial charge in [0.05, 0.1) is 12.2 Å². The number of amides is 4. The fourth-order valence-electron chi connectivity index (χ4n) is 4.18. The lowest BCUT2D eigenvalue weighted by molar-refractivity contribution is -0.122. The Morgan fingerprint density at radius 2 is 1.73 bits per heavy atom. The summed E-state index contributed by atoms with van der Waals surface area (Å²) in [5, 5.41) is 4.24. The number of nitrogens with zero attached hydrogens (tertiary/aromatic N) is 2. The van der Waals surface area contributed by atoms with Crippen molar-refractivity contribution >= 4 is 63.7 Å². The van der Waals surface area contributed by atoms with Gasteiger partial charge in [0.1, 0.15) is 17.9 Å². The maximum Gasteiger partial charge on any atom is 0.335 e. The Morgan fingerprint density at radius 3 is 2.49 bits per heavy atom. The van der Waals surface area contributed by atoms with Crippen LogP contribution < -0.4 is 15.0 Å². The van der Waals surface area contributed by atoms with E-state index in [2.05, 4.69) is 5.32 Å². The lowest BCUT2D eigenvalue weighted by atomic mass is 10.1. The standard InChI is InChI=1S/C28H21Cl2N3O4/c1-17-14-21(10-11-24(17)30)37-13-12-32-16-18(22-4-2-3-5-25(22)32)15-23-26(34)31-28(36)33(27(23)35)20-8-6-19(29)7-9-20/h2-11,14-16H,12-13H2,1H3,(H,31,34,36). The van der Waals surface area contributed by atoms with Gasteiger partial charge in [0.2, 0.25) is 0 Å². The lowest BCUT2D eigenvalue weighted by Crippen LogP contribution is -2.54. The monoisotopic (exact) mass is 533 g/mol. The number of benzene rings is 3. The fourth-order valence-corrected chi connectivity index (χ4v) is 4.43. The molecule has 9 heteroatoms. The first kappa shape index (κ1) is 24.6. The van der Waals surface area contributed by atoms with Crippen LogP contribution in [-0.4, -0.2) is 29.0 Å². The zero-order valence-electron chi connectivity index (χ0n) is 19.7. The van der Waals surface area contributed by atoms with E-state index in [1.54, 1.807) is 30.3 Å². The van der Waals surface area contributed by atoms with Gasteiger partial charge >= 0.3 is 6.03 Å². The van der Waals surface area contributed by atoms with Crippen molar-refractivity contribution in [3.63, 3.8) is 0 Å². The minimum Gasteiger partial charge on any atom is -0.492 e. The van der Waals surface area contributed by atoms with Gasteiger partial charge in [0.25, 0.3) is 11.8 Å². The summed E-state index contributed by atoms with van der Waals surface area (Å²) in [7, 11) is 0. The highest BCUT2D eigenvalue weighted by atomic mass is 35.5. The van der Waals surface area contributed by atoms with Crippen LogP contribution in [0.25, 0.3) is 17.0 Å². The second kappa shape index (κ2) is 10.1. The Bertz CT molecular complexity index is 1570. The topological polar surface area (TPSA) is 80.6 Å². The molecule has 0 bridgehead atoms. The van der Waals surface area contributed by atoms with E-state index in [1.165, 1.54) is 6.08 Å². The zero-order valence-corrected chi connectivity index (χ0v) is 21.2. The van der Waals surface area contributed by atoms with Gasteiger partial charge in [-0.25, -0.2) is 9.69 Å². The van der Waals surface area contributed by atoms with Crippen LogP contribution >= 0.6 is 23.2 Å². The Balaban J connectivity index is 1.44. The van der Waals surface area contributed by atoms with Crippen LogP contribution in [0.15, 0.2) is 78.5 Å². The minimum atomic E-state index is -0.813. The molecule has 1 aromatic heterocycles. The number of ether oxygens (including phenoxy) is 1. The number of nitrogens with one attached hydrogen (secondary N) is 1. The van der Waals surface area contributed by atoms with Crippen molar-refractivity contribution in [1.29, 1.82) is 0 Å². The van der Waals surface area contributed by atoms with E-state index in [-0.39, 0.29) is 5.57 Å². The summed E-state index contributed by atoms with van der Waals surface area (Å²) in [5.41, 5.74) is 2.68. The second-order valence-electron chi connectivity index (χ2n) is 8.49. The average molecular weight is 534 g/mol. The van der Waals surface area contributed by atoms with Crippen LogP contribution in [0.3, 0.4) is 0 Å². The highest BCUT2D eigenvalue weighted by molar-refractivity contribution is 6.39. The van der Waals surface area contributed by atoms with Crippen LogP contribution in [0.5, 0.6) is 5.75 Å². The summed E-state index contributed by atoms with van der Waals surface area (Å²) in [6.45, 7) is 2.84. The van der Waals surface area contributed by atoms with Crippen LogP contribution in [0.4, 0.5) is 10.5 Å². The Morgan fingerprint density at radius 1 is 0.973 bits per heavy atom. The Hall–Kier alpha value is -4.07. The first-order valence-electron chi connectivity index (χ1n) is 11.5. The SMILES string of the molecule is Cc1cc(OCCn2cc(C=C3C(=O)NC(=O)N(c4ccc(Cl)cc4)C3=O)c3ccccc32)ccc1Cl. The zero-order chi connectivity index (χ0) is 26.1. The minimum absolute atomic E-state index is 0.148. The number of barbiturate groups is 1. The number of anilines is 1. The number of carbonyl (C=O) groups excluding carboxylic acids is 3. The number of halogens is 2. The molecular formula is C28H21Cl2N3O4. The Labute approximate surface area is 222 Å². The molecule has 0 aliphatic carbocycles. The van der Waals surface area contributed by atoms with Gasteiger partial charge in [-0.2, -0.15) is 0 Å². The molecule has 5 rings (SSSR count). The molecule has 1 aliphatic heterocycles. The molecule has 0 unspecified atom stereocenters. The molecule has 1 N–H and O–H groups in total. The van der Waals surface area contributed by atoms with E-state index < -0.39 is 17.8 Å². The number of imide groups is 2. The van der Waals surface area contributed by atoms with Crippen molar-refractivity contribution in [3.8, 4) is 5.75 Å². The van der Waals surface area contributed by atoms with Gasteiger partial charge in [-0.3, -0.25) is 14.9 Å². The van der Waals surface area contributed by atoms with Crippen molar-refractivity contribution in [1.82, 2.24) is 9.88 Å². The highest BCUT2D eigenvalue weighted by Gasteiger charge is 2.37. The van der Waals surface area contributed by atoms with E-state index in [4.69, 9.17) is 27.9 Å². The molecule has 37 heavy (non-hydrogen) atoms. The summed E-state index contributed by atoms with van der Waals surface area (Å²) < 4.78 is 7.90. The first-order valence-corrected chi connectivity index (χ1v) is 12.2. The summed E-state index contributed by atoms with van der Waals surface area (Å²) in [6, 6.07) is 18.6. The number of urea groups is 1. The molecule has 4 amide bonds. The lowest BCUT2D eigenvalue weighted by Gasteiger charge is -2.26. The highest BCUT2D eigenvalue weighted by Crippen LogP contribution is 2.27. The number of fused-ring (bicyclic) bond motifs is 1. The molecule has 0 atom stereocenters. The number of rotatable bonds is 6. The summed E-state index contributed by atoms with van der Waals surface area (Å²) >= 11 is 12.0. The first-order chi connectivity index (χ1) is 17.8. The molecule has 0 spiro atoms. The third-order valence-corrected chi connectivity index (χ3v) is 6.71. The number of carbonyl (C=O) groups is 3. The number of aryl methyl sites for hydroxylation is 1. The molecule has 3 aromatic carbocycles. The molecule has 1 saturated heterocycles. The fraction of sp³-hybridized carbons (Fsp3) is 0.107. The summed E-state index contributed by atoms with van der Waals surface area (Å²) in [6.07, 6.45) is 3.37. The van der Waals surface area contributed by atoms with Gasteiger partial charge in [-0.1, -0.05) is 41.4 Å². The molecule has 1 aliphatic rings. The molecule has 186 valence electrons. The third kappa shape index (κ3) is 4.96. The van der Waals surface area contributed by atoms with Crippen molar-refractivity contribution in [2.45, 2.75) is 13.5 Å². The van der Waals surface area contributed by atoms with Crippen LogP contribution in [0.2, 0.25) is 10.0 Å². The predicted octanol–water partition coefficient (Wildman–Crippen LogP) is 6.00. The summed E-state index contributed by atoms with van der Waals surface area (Å²) in [4.78, 5) is 39.3. The molecule has 2 heterocycles. The van der Waals surface area contributed by atoms with Gasteiger partial charge in [0, 0.05) is 32.7 Å². The van der Waals surface area contributed by atoms with Crippen LogP contribution in [-0.2, 0) is 16.1 Å². The van der Waals surface area contributed by atoms with E-state index >= 15 is 0 Å². The van der Waals surface area contributed by atoms with Gasteiger partial charge in [-0.15, -0.1) is 0 Å². The van der Waals surface area contributed by atoms with Crippen molar-refractivity contribution in [2.75, 3.05) is 11.5 Å². The number of para-hydroxylation sites is 1. The van der Waals surface area contributed by atoms with Crippen molar-refractivity contribution < 1.29 is 19.1 Å².